The average Bonchev–Trinajstić information content (AvgIpc) is 2.87. The number of benzene rings is 3. The summed E-state index contributed by atoms with van der Waals surface area (Å²) in [6, 6.07) is 23.3. The van der Waals surface area contributed by atoms with Gasteiger partial charge in [0.15, 0.2) is 18.2 Å². The van der Waals surface area contributed by atoms with Crippen molar-refractivity contribution < 1.29 is 19.1 Å². The number of hydrogen-bond acceptors (Lipinski definition) is 4. The van der Waals surface area contributed by atoms with Gasteiger partial charge in [0.05, 0.1) is 12.2 Å². The summed E-state index contributed by atoms with van der Waals surface area (Å²) in [5, 5.41) is 0. The largest absolute Gasteiger partial charge is 0.493 e. The van der Waals surface area contributed by atoms with E-state index in [1.807, 2.05) is 36.4 Å². The van der Waals surface area contributed by atoms with Crippen LogP contribution in [-0.2, 0) is 0 Å². The van der Waals surface area contributed by atoms with E-state index < -0.39 is 0 Å². The van der Waals surface area contributed by atoms with Gasteiger partial charge in [-0.3, -0.25) is 9.59 Å². The number of unbranched alkanes of at least 4 members (excludes halogenated alkanes) is 5. The Balaban J connectivity index is 1.69. The maximum atomic E-state index is 13.1. The minimum atomic E-state index is -0.153. The van der Waals surface area contributed by atoms with E-state index in [-0.39, 0.29) is 18.2 Å². The first-order valence-corrected chi connectivity index (χ1v) is 11.8. The molecule has 4 heteroatoms. The maximum Gasteiger partial charge on any atom is 0.200 e. The molecule has 0 radical (unpaired) electrons. The molecule has 0 saturated heterocycles. The van der Waals surface area contributed by atoms with Gasteiger partial charge in [0, 0.05) is 17.2 Å². The molecular weight excluding hydrogens is 412 g/mol. The molecule has 3 aromatic carbocycles. The molecule has 0 unspecified atom stereocenters. The minimum Gasteiger partial charge on any atom is -0.493 e. The Hall–Kier alpha value is -3.40. The molecule has 0 aliphatic rings. The lowest BCUT2D eigenvalue weighted by Crippen LogP contribution is -2.14. The molecule has 0 atom stereocenters. The van der Waals surface area contributed by atoms with Gasteiger partial charge in [0.25, 0.3) is 0 Å². The second-order valence-corrected chi connectivity index (χ2v) is 8.05. The molecule has 0 aromatic heterocycles. The van der Waals surface area contributed by atoms with Crippen LogP contribution >= 0.6 is 0 Å². The molecule has 0 fully saturated rings. The second-order valence-electron chi connectivity index (χ2n) is 8.05. The first-order chi connectivity index (χ1) is 16.2. The molecule has 4 nitrogen and oxygen atoms in total. The van der Waals surface area contributed by atoms with Gasteiger partial charge in [0.1, 0.15) is 11.5 Å². The highest BCUT2D eigenvalue weighted by Crippen LogP contribution is 2.28. The zero-order chi connectivity index (χ0) is 23.3. The van der Waals surface area contributed by atoms with Gasteiger partial charge in [-0.1, -0.05) is 99.7 Å². The summed E-state index contributed by atoms with van der Waals surface area (Å²) >= 11 is 0. The highest BCUT2D eigenvalue weighted by Gasteiger charge is 2.17. The van der Waals surface area contributed by atoms with Crippen molar-refractivity contribution in [2.75, 3.05) is 13.2 Å². The third-order valence-electron chi connectivity index (χ3n) is 5.45. The highest BCUT2D eigenvalue weighted by atomic mass is 16.5. The Morgan fingerprint density at radius 2 is 1.33 bits per heavy atom. The van der Waals surface area contributed by atoms with Crippen LogP contribution in [0.2, 0.25) is 0 Å². The van der Waals surface area contributed by atoms with E-state index in [1.165, 1.54) is 25.7 Å². The first kappa shape index (κ1) is 24.2. The predicted molar refractivity (Wildman–Crippen MR) is 131 cm³/mol. The quantitative estimate of drug-likeness (QED) is 0.200. The van der Waals surface area contributed by atoms with Crippen molar-refractivity contribution in [3.8, 4) is 11.5 Å². The number of ketones is 2. The SMILES string of the molecule is CCCCCCCCOc1ccc(C(=O)c2ccccc2)c(OCC(=O)c2ccccc2)c1. The van der Waals surface area contributed by atoms with Crippen LogP contribution in [0.3, 0.4) is 0 Å². The van der Waals surface area contributed by atoms with E-state index in [9.17, 15) is 9.59 Å². The third-order valence-corrected chi connectivity index (χ3v) is 5.45. The molecular formula is C29H32O4. The van der Waals surface area contributed by atoms with Gasteiger partial charge in [-0.2, -0.15) is 0 Å². The van der Waals surface area contributed by atoms with Crippen LogP contribution < -0.4 is 9.47 Å². The molecule has 0 aliphatic heterocycles. The molecule has 33 heavy (non-hydrogen) atoms. The van der Waals surface area contributed by atoms with Crippen LogP contribution in [0.4, 0.5) is 0 Å². The Labute approximate surface area is 196 Å². The van der Waals surface area contributed by atoms with Gasteiger partial charge in [0.2, 0.25) is 0 Å². The number of ether oxygens (including phenoxy) is 2. The van der Waals surface area contributed by atoms with Crippen molar-refractivity contribution in [1.82, 2.24) is 0 Å². The van der Waals surface area contributed by atoms with E-state index >= 15 is 0 Å². The van der Waals surface area contributed by atoms with E-state index in [1.54, 1.807) is 42.5 Å². The smallest absolute Gasteiger partial charge is 0.200 e. The summed E-state index contributed by atoms with van der Waals surface area (Å²) in [7, 11) is 0. The van der Waals surface area contributed by atoms with Crippen LogP contribution in [0.15, 0.2) is 78.9 Å². The zero-order valence-electron chi connectivity index (χ0n) is 19.3. The Kier molecular flexibility index (Phi) is 9.71. The fraction of sp³-hybridized carbons (Fsp3) is 0.310. The number of hydrogen-bond donors (Lipinski definition) is 0. The van der Waals surface area contributed by atoms with Gasteiger partial charge in [-0.25, -0.2) is 0 Å². The van der Waals surface area contributed by atoms with Gasteiger partial charge in [-0.05, 0) is 18.6 Å². The summed E-state index contributed by atoms with van der Waals surface area (Å²) in [6.07, 6.45) is 7.12. The number of carbonyl (C=O) groups is 2. The Bertz CT molecular complexity index is 1010. The molecule has 0 bridgehead atoms. The fourth-order valence-electron chi connectivity index (χ4n) is 3.57. The minimum absolute atomic E-state index is 0.146. The molecule has 3 aromatic rings. The maximum absolute atomic E-state index is 13.1. The van der Waals surface area contributed by atoms with Gasteiger partial charge < -0.3 is 9.47 Å². The lowest BCUT2D eigenvalue weighted by Gasteiger charge is -2.13. The normalized spacial score (nSPS) is 10.6. The third kappa shape index (κ3) is 7.60. The lowest BCUT2D eigenvalue weighted by atomic mass is 10.0. The van der Waals surface area contributed by atoms with Crippen molar-refractivity contribution in [3.05, 3.63) is 95.6 Å². The fourth-order valence-corrected chi connectivity index (χ4v) is 3.57. The molecule has 3 rings (SSSR count). The topological polar surface area (TPSA) is 52.6 Å². The number of Topliss-reactive ketones (excluding diaryl/α,β-unsaturated/α-hetero) is 1. The van der Waals surface area contributed by atoms with Crippen LogP contribution in [0.1, 0.15) is 71.7 Å². The molecule has 172 valence electrons. The average molecular weight is 445 g/mol. The van der Waals surface area contributed by atoms with Gasteiger partial charge >= 0.3 is 0 Å². The molecule has 0 amide bonds. The highest BCUT2D eigenvalue weighted by molar-refractivity contribution is 6.10. The molecule has 0 aliphatic carbocycles. The van der Waals surface area contributed by atoms with Crippen molar-refractivity contribution in [2.45, 2.75) is 45.4 Å². The summed E-state index contributed by atoms with van der Waals surface area (Å²) in [5.74, 6) is 0.691. The summed E-state index contributed by atoms with van der Waals surface area (Å²) in [4.78, 5) is 25.6. The number of rotatable bonds is 14. The lowest BCUT2D eigenvalue weighted by molar-refractivity contribution is 0.0914. The Morgan fingerprint density at radius 1 is 0.697 bits per heavy atom. The van der Waals surface area contributed by atoms with Crippen molar-refractivity contribution in [2.24, 2.45) is 0 Å². The number of carbonyl (C=O) groups excluding carboxylic acids is 2. The van der Waals surface area contributed by atoms with E-state index in [0.717, 1.165) is 12.8 Å². The second kappa shape index (κ2) is 13.2. The van der Waals surface area contributed by atoms with E-state index in [0.29, 0.717) is 34.8 Å². The van der Waals surface area contributed by atoms with Crippen LogP contribution in [0.5, 0.6) is 11.5 Å². The van der Waals surface area contributed by atoms with Gasteiger partial charge in [-0.15, -0.1) is 0 Å². The van der Waals surface area contributed by atoms with Crippen molar-refractivity contribution in [3.63, 3.8) is 0 Å². The molecule has 0 N–H and O–H groups in total. The summed E-state index contributed by atoms with van der Waals surface area (Å²) in [5.41, 5.74) is 1.55. The monoisotopic (exact) mass is 444 g/mol. The van der Waals surface area contributed by atoms with Crippen molar-refractivity contribution in [1.29, 1.82) is 0 Å². The summed E-state index contributed by atoms with van der Waals surface area (Å²) < 4.78 is 11.8. The zero-order valence-corrected chi connectivity index (χ0v) is 19.3. The van der Waals surface area contributed by atoms with Crippen molar-refractivity contribution >= 4 is 11.6 Å². The van der Waals surface area contributed by atoms with Crippen LogP contribution in [0, 0.1) is 0 Å². The first-order valence-electron chi connectivity index (χ1n) is 11.8. The van der Waals surface area contributed by atoms with E-state index in [2.05, 4.69) is 6.92 Å². The van der Waals surface area contributed by atoms with Crippen LogP contribution in [0.25, 0.3) is 0 Å². The van der Waals surface area contributed by atoms with Crippen LogP contribution in [-0.4, -0.2) is 24.8 Å². The van der Waals surface area contributed by atoms with E-state index in [4.69, 9.17) is 9.47 Å². The molecule has 0 spiro atoms. The molecule has 0 heterocycles. The predicted octanol–water partition coefficient (Wildman–Crippen LogP) is 6.92. The standard InChI is InChI=1S/C29H32O4/c1-2-3-4-5-6-13-20-32-25-18-19-26(29(31)24-16-11-8-12-17-24)28(21-25)33-22-27(30)23-14-9-7-10-15-23/h7-12,14-19,21H,2-6,13,20,22H2,1H3. The summed E-state index contributed by atoms with van der Waals surface area (Å²) in [6.45, 7) is 2.67. The molecule has 0 saturated carbocycles. The Morgan fingerprint density at radius 3 is 2.03 bits per heavy atom.